The Bertz CT molecular complexity index is 555. The highest BCUT2D eigenvalue weighted by Crippen LogP contribution is 2.19. The first kappa shape index (κ1) is 11.1. The van der Waals surface area contributed by atoms with Crippen molar-refractivity contribution < 1.29 is 9.53 Å². The molecule has 2 aromatic rings. The summed E-state index contributed by atoms with van der Waals surface area (Å²) in [6.45, 7) is 0. The molecule has 0 unspecified atom stereocenters. The van der Waals surface area contributed by atoms with E-state index in [1.165, 1.54) is 19.4 Å². The lowest BCUT2D eigenvalue weighted by molar-refractivity contribution is 0.100. The number of carbonyl (C=O) groups excluding carboxylic acids is 1. The van der Waals surface area contributed by atoms with Gasteiger partial charge < -0.3 is 10.5 Å². The van der Waals surface area contributed by atoms with Gasteiger partial charge in [-0.3, -0.25) is 9.78 Å². The van der Waals surface area contributed by atoms with E-state index in [2.05, 4.69) is 16.0 Å². The van der Waals surface area contributed by atoms with Crippen molar-refractivity contribution in [1.29, 1.82) is 0 Å². The first-order valence-corrected chi connectivity index (χ1v) is 4.88. The molecule has 0 saturated carbocycles. The van der Waals surface area contributed by atoms with E-state index in [1.807, 2.05) is 0 Å². The van der Waals surface area contributed by atoms with E-state index in [4.69, 9.17) is 10.5 Å². The van der Waals surface area contributed by atoms with Crippen LogP contribution in [0.25, 0.3) is 11.3 Å². The Morgan fingerprint density at radius 2 is 2.24 bits per heavy atom. The molecule has 0 bridgehead atoms. The van der Waals surface area contributed by atoms with Crippen molar-refractivity contribution in [3.8, 4) is 17.1 Å². The van der Waals surface area contributed by atoms with Gasteiger partial charge in [-0.25, -0.2) is 4.98 Å². The number of carbonyl (C=O) groups is 1. The van der Waals surface area contributed by atoms with Crippen molar-refractivity contribution in [3.63, 3.8) is 0 Å². The zero-order valence-electron chi connectivity index (χ0n) is 9.18. The number of aromatic nitrogens is 2. The molecule has 2 rings (SSSR count). The van der Waals surface area contributed by atoms with Crippen LogP contribution in [-0.2, 0) is 0 Å². The minimum atomic E-state index is -0.501. The number of nitrogens with zero attached hydrogens (tertiary/aromatic N) is 2. The minimum Gasteiger partial charge on any atom is -0.480 e. The fourth-order valence-electron chi connectivity index (χ4n) is 1.35. The van der Waals surface area contributed by atoms with Crippen molar-refractivity contribution in [1.82, 2.24) is 9.97 Å². The Morgan fingerprint density at radius 3 is 2.94 bits per heavy atom. The third-order valence-corrected chi connectivity index (χ3v) is 2.19. The lowest BCUT2D eigenvalue weighted by atomic mass is 10.1. The Balaban J connectivity index is 2.45. The predicted octanol–water partition coefficient (Wildman–Crippen LogP) is 1.05. The topological polar surface area (TPSA) is 78.1 Å². The minimum absolute atomic E-state index is 0.382. The molecule has 5 nitrogen and oxygen atoms in total. The number of ether oxygens (including phenoxy) is 1. The molecule has 0 aliphatic rings. The summed E-state index contributed by atoms with van der Waals surface area (Å²) in [6, 6.07) is 7.71. The van der Waals surface area contributed by atoms with Crippen molar-refractivity contribution in [2.75, 3.05) is 7.11 Å². The summed E-state index contributed by atoms with van der Waals surface area (Å²) in [5.41, 5.74) is 6.89. The van der Waals surface area contributed by atoms with E-state index >= 15 is 0 Å². The Hall–Kier alpha value is -2.43. The van der Waals surface area contributed by atoms with Crippen LogP contribution in [0.3, 0.4) is 0 Å². The monoisotopic (exact) mass is 228 g/mol. The molecule has 85 valence electrons. The molecule has 0 atom stereocenters. The standard InChI is InChI=1S/C12H10N3O2/c1-17-11-7-14-6-10(15-11)8-3-2-4-9(5-8)12(13)16/h3-7H,1H3,(H2,13,16). The van der Waals surface area contributed by atoms with E-state index in [0.717, 1.165) is 0 Å². The van der Waals surface area contributed by atoms with Gasteiger partial charge in [0.05, 0.1) is 25.2 Å². The number of primary amides is 1. The lowest BCUT2D eigenvalue weighted by Gasteiger charge is -2.03. The van der Waals surface area contributed by atoms with E-state index < -0.39 is 5.91 Å². The van der Waals surface area contributed by atoms with Crippen molar-refractivity contribution in [2.45, 2.75) is 0 Å². The fourth-order valence-corrected chi connectivity index (χ4v) is 1.35. The third-order valence-electron chi connectivity index (χ3n) is 2.19. The molecule has 1 aromatic heterocycles. The molecule has 1 aromatic carbocycles. The lowest BCUT2D eigenvalue weighted by Crippen LogP contribution is -2.10. The van der Waals surface area contributed by atoms with Crippen molar-refractivity contribution in [2.24, 2.45) is 5.73 Å². The Morgan fingerprint density at radius 1 is 1.41 bits per heavy atom. The third kappa shape index (κ3) is 2.39. The predicted molar refractivity (Wildman–Crippen MR) is 61.4 cm³/mol. The number of nitrogens with two attached hydrogens (primary N) is 1. The SMILES string of the molecule is COc1cncc(-c2c[c]cc(C(N)=O)c2)n1. The largest absolute Gasteiger partial charge is 0.480 e. The number of hydrogen-bond acceptors (Lipinski definition) is 4. The summed E-state index contributed by atoms with van der Waals surface area (Å²) in [4.78, 5) is 19.2. The van der Waals surface area contributed by atoms with Gasteiger partial charge in [-0.05, 0) is 24.3 Å². The first-order valence-electron chi connectivity index (χ1n) is 4.88. The van der Waals surface area contributed by atoms with Crippen LogP contribution in [0.2, 0.25) is 0 Å². The van der Waals surface area contributed by atoms with Gasteiger partial charge in [0.25, 0.3) is 0 Å². The molecule has 0 fully saturated rings. The normalized spacial score (nSPS) is 9.94. The first-order chi connectivity index (χ1) is 8.20. The van der Waals surface area contributed by atoms with Crippen LogP contribution in [0.1, 0.15) is 10.4 Å². The molecule has 0 aliphatic carbocycles. The maximum Gasteiger partial charge on any atom is 0.248 e. The van der Waals surface area contributed by atoms with Gasteiger partial charge in [-0.2, -0.15) is 0 Å². The number of methoxy groups -OCH3 is 1. The van der Waals surface area contributed by atoms with Gasteiger partial charge in [0.15, 0.2) is 0 Å². The van der Waals surface area contributed by atoms with E-state index in [1.54, 1.807) is 18.3 Å². The van der Waals surface area contributed by atoms with Crippen molar-refractivity contribution >= 4 is 5.91 Å². The van der Waals surface area contributed by atoms with Crippen LogP contribution in [0.5, 0.6) is 5.88 Å². The van der Waals surface area contributed by atoms with Crippen LogP contribution in [-0.4, -0.2) is 23.0 Å². The highest BCUT2D eigenvalue weighted by Gasteiger charge is 2.05. The van der Waals surface area contributed by atoms with Crippen LogP contribution in [0.15, 0.2) is 30.6 Å². The number of rotatable bonds is 3. The molecule has 5 heteroatoms. The second-order valence-electron chi connectivity index (χ2n) is 3.32. The zero-order valence-corrected chi connectivity index (χ0v) is 9.18. The van der Waals surface area contributed by atoms with Gasteiger partial charge in [0.2, 0.25) is 11.8 Å². The quantitative estimate of drug-likeness (QED) is 0.851. The van der Waals surface area contributed by atoms with Gasteiger partial charge >= 0.3 is 0 Å². The molecule has 2 N–H and O–H groups in total. The molecule has 17 heavy (non-hydrogen) atoms. The second kappa shape index (κ2) is 4.61. The maximum atomic E-state index is 11.0. The summed E-state index contributed by atoms with van der Waals surface area (Å²) < 4.78 is 4.98. The second-order valence-corrected chi connectivity index (χ2v) is 3.32. The van der Waals surface area contributed by atoms with E-state index in [9.17, 15) is 4.79 Å². The van der Waals surface area contributed by atoms with Gasteiger partial charge in [-0.1, -0.05) is 0 Å². The fraction of sp³-hybridized carbons (Fsp3) is 0.0833. The Labute approximate surface area is 98.3 Å². The van der Waals surface area contributed by atoms with E-state index in [0.29, 0.717) is 22.7 Å². The average Bonchev–Trinajstić information content (AvgIpc) is 2.39. The number of hydrogen-bond donors (Lipinski definition) is 1. The molecule has 1 amide bonds. The van der Waals surface area contributed by atoms with Crippen LogP contribution in [0.4, 0.5) is 0 Å². The van der Waals surface area contributed by atoms with Crippen molar-refractivity contribution in [3.05, 3.63) is 42.2 Å². The van der Waals surface area contributed by atoms with Gasteiger partial charge in [0.1, 0.15) is 0 Å². The Kier molecular flexibility index (Phi) is 3.00. The van der Waals surface area contributed by atoms with E-state index in [-0.39, 0.29) is 0 Å². The smallest absolute Gasteiger partial charge is 0.248 e. The molecule has 1 heterocycles. The van der Waals surface area contributed by atoms with Gasteiger partial charge in [-0.15, -0.1) is 0 Å². The van der Waals surface area contributed by atoms with Crippen LogP contribution in [0, 0.1) is 6.07 Å². The number of benzene rings is 1. The highest BCUT2D eigenvalue weighted by atomic mass is 16.5. The molecule has 0 aliphatic heterocycles. The zero-order chi connectivity index (χ0) is 12.3. The molecule has 0 saturated heterocycles. The summed E-state index contributed by atoms with van der Waals surface area (Å²) in [5.74, 6) is -0.0917. The molecular weight excluding hydrogens is 218 g/mol. The summed E-state index contributed by atoms with van der Waals surface area (Å²) in [7, 11) is 1.51. The highest BCUT2D eigenvalue weighted by molar-refractivity contribution is 5.93. The maximum absolute atomic E-state index is 11.0. The summed E-state index contributed by atoms with van der Waals surface area (Å²) >= 11 is 0. The molecular formula is C12H10N3O2. The summed E-state index contributed by atoms with van der Waals surface area (Å²) in [5, 5.41) is 0. The number of amides is 1. The average molecular weight is 228 g/mol. The van der Waals surface area contributed by atoms with Gasteiger partial charge in [0, 0.05) is 11.1 Å². The van der Waals surface area contributed by atoms with Crippen LogP contribution < -0.4 is 10.5 Å². The summed E-state index contributed by atoms with van der Waals surface area (Å²) in [6.07, 6.45) is 3.08. The molecule has 0 spiro atoms. The molecule has 1 radical (unpaired) electrons. The van der Waals surface area contributed by atoms with Crippen LogP contribution >= 0.6 is 0 Å².